The van der Waals surface area contributed by atoms with E-state index in [-0.39, 0.29) is 29.3 Å². The first kappa shape index (κ1) is 29.6. The predicted molar refractivity (Wildman–Crippen MR) is 163 cm³/mol. The summed E-state index contributed by atoms with van der Waals surface area (Å²) in [4.78, 5) is 59.2. The number of nitrogens with one attached hydrogen (secondary N) is 1. The minimum absolute atomic E-state index is 0.114. The Balaban J connectivity index is 1.55. The van der Waals surface area contributed by atoms with Gasteiger partial charge < -0.3 is 14.8 Å². The van der Waals surface area contributed by atoms with E-state index in [9.17, 15) is 14.4 Å². The molecule has 1 atom stereocenters. The van der Waals surface area contributed by atoms with Crippen molar-refractivity contribution in [2.45, 2.75) is 26.8 Å². The van der Waals surface area contributed by atoms with Crippen molar-refractivity contribution in [2.24, 2.45) is 5.92 Å². The number of carbonyl (C=O) groups excluding carboxylic acids is 3. The van der Waals surface area contributed by atoms with Crippen LogP contribution in [0.3, 0.4) is 0 Å². The molecule has 0 saturated heterocycles. The van der Waals surface area contributed by atoms with Crippen molar-refractivity contribution in [3.63, 3.8) is 0 Å². The van der Waals surface area contributed by atoms with Crippen LogP contribution in [0.25, 0.3) is 43.4 Å². The Hall–Kier alpha value is -3.92. The van der Waals surface area contributed by atoms with Gasteiger partial charge in [0.1, 0.15) is 37.1 Å². The average Bonchev–Trinajstić information content (AvgIpc) is 3.80. The number of hydrogen-bond acceptors (Lipinski definition) is 14. The van der Waals surface area contributed by atoms with E-state index in [2.05, 4.69) is 15.3 Å². The van der Waals surface area contributed by atoms with Crippen molar-refractivity contribution in [2.75, 3.05) is 14.2 Å². The number of aromatic nitrogens is 5. The van der Waals surface area contributed by atoms with Crippen molar-refractivity contribution in [1.29, 1.82) is 0 Å². The highest BCUT2D eigenvalue weighted by Gasteiger charge is 2.24. The highest BCUT2D eigenvalue weighted by Crippen LogP contribution is 2.38. The van der Waals surface area contributed by atoms with Gasteiger partial charge in [-0.05, 0) is 18.1 Å². The maximum atomic E-state index is 12.1. The summed E-state index contributed by atoms with van der Waals surface area (Å²) in [5, 5.41) is 12.6. The molecular formula is C27H24N6O5S4. The van der Waals surface area contributed by atoms with Crippen molar-refractivity contribution >= 4 is 63.2 Å². The van der Waals surface area contributed by atoms with E-state index >= 15 is 0 Å². The van der Waals surface area contributed by atoms with Crippen LogP contribution in [0.4, 0.5) is 0 Å². The van der Waals surface area contributed by atoms with Crippen LogP contribution in [0.1, 0.15) is 52.8 Å². The highest BCUT2D eigenvalue weighted by atomic mass is 32.1. The number of ether oxygens (including phenoxy) is 2. The van der Waals surface area contributed by atoms with Crippen LogP contribution >= 0.6 is 45.3 Å². The molecule has 11 nitrogen and oxygen atoms in total. The summed E-state index contributed by atoms with van der Waals surface area (Å²) in [5.74, 6) is -1.02. The van der Waals surface area contributed by atoms with Crippen LogP contribution < -0.4 is 5.32 Å². The van der Waals surface area contributed by atoms with Crippen LogP contribution in [0.2, 0.25) is 0 Å². The minimum atomic E-state index is -0.531. The third-order valence-corrected chi connectivity index (χ3v) is 9.45. The molecule has 1 unspecified atom stereocenters. The molecule has 216 valence electrons. The lowest BCUT2D eigenvalue weighted by Crippen LogP contribution is -2.29. The molecule has 0 aromatic carbocycles. The average molecular weight is 641 g/mol. The summed E-state index contributed by atoms with van der Waals surface area (Å²) >= 11 is 5.45. The standard InChI is InChI=1S/C27H24N6O5S4/c1-12(2)20(28-13(3)34)25-31-17(9-42-25)24-30-16(8-40-24)21-14(22-32-18(10-39-22)26(35)37-4)6-7-15(29-21)23-33-19(11-41-23)27(36)38-5/h6-12,20H,1-5H3,(H,28,34). The third-order valence-electron chi connectivity index (χ3n) is 5.92. The highest BCUT2D eigenvalue weighted by molar-refractivity contribution is 7.14. The Morgan fingerprint density at radius 1 is 0.714 bits per heavy atom. The summed E-state index contributed by atoms with van der Waals surface area (Å²) in [7, 11) is 2.61. The lowest BCUT2D eigenvalue weighted by molar-refractivity contribution is -0.120. The molecule has 42 heavy (non-hydrogen) atoms. The van der Waals surface area contributed by atoms with Gasteiger partial charge >= 0.3 is 11.9 Å². The molecule has 0 aliphatic heterocycles. The first-order valence-corrected chi connectivity index (χ1v) is 16.0. The number of esters is 2. The number of nitrogens with zero attached hydrogens (tertiary/aromatic N) is 5. The van der Waals surface area contributed by atoms with E-state index in [0.29, 0.717) is 43.4 Å². The fraction of sp³-hybridized carbons (Fsp3) is 0.259. The molecule has 15 heteroatoms. The fourth-order valence-corrected chi connectivity index (χ4v) is 7.33. The number of thiazole rings is 4. The molecule has 5 heterocycles. The maximum absolute atomic E-state index is 12.1. The van der Waals surface area contributed by atoms with Gasteiger partial charge in [0, 0.05) is 34.0 Å². The van der Waals surface area contributed by atoms with Crippen LogP contribution in [0.15, 0.2) is 33.7 Å². The van der Waals surface area contributed by atoms with Crippen LogP contribution in [-0.2, 0) is 14.3 Å². The Labute approximate surface area is 256 Å². The van der Waals surface area contributed by atoms with E-state index in [1.807, 2.05) is 30.7 Å². The number of hydrogen-bond donors (Lipinski definition) is 1. The van der Waals surface area contributed by atoms with Crippen LogP contribution in [0, 0.1) is 5.92 Å². The topological polar surface area (TPSA) is 146 Å². The molecule has 5 aromatic heterocycles. The molecule has 1 amide bonds. The number of methoxy groups -OCH3 is 2. The largest absolute Gasteiger partial charge is 0.464 e. The summed E-state index contributed by atoms with van der Waals surface area (Å²) in [6, 6.07) is 3.43. The summed E-state index contributed by atoms with van der Waals surface area (Å²) in [5.41, 5.74) is 3.42. The first-order chi connectivity index (χ1) is 20.2. The second-order valence-corrected chi connectivity index (χ2v) is 12.6. The van der Waals surface area contributed by atoms with Gasteiger partial charge in [0.25, 0.3) is 0 Å². The van der Waals surface area contributed by atoms with E-state index in [0.717, 1.165) is 5.01 Å². The lowest BCUT2D eigenvalue weighted by atomic mass is 10.1. The summed E-state index contributed by atoms with van der Waals surface area (Å²) in [6.45, 7) is 5.56. The Morgan fingerprint density at radius 3 is 1.95 bits per heavy atom. The van der Waals surface area contributed by atoms with Gasteiger partial charge in [-0.15, -0.1) is 45.3 Å². The zero-order valence-electron chi connectivity index (χ0n) is 23.0. The second kappa shape index (κ2) is 12.5. The molecule has 0 bridgehead atoms. The number of amides is 1. The zero-order valence-corrected chi connectivity index (χ0v) is 26.3. The van der Waals surface area contributed by atoms with Gasteiger partial charge in [-0.1, -0.05) is 13.8 Å². The summed E-state index contributed by atoms with van der Waals surface area (Å²) in [6.07, 6.45) is 0. The SMILES string of the molecule is COC(=O)c1csc(-c2ccc(-c3nc(C(=O)OC)cs3)c(-c3csc(-c4csc(C(NC(C)=O)C(C)C)n4)n3)n2)n1. The number of carbonyl (C=O) groups is 3. The maximum Gasteiger partial charge on any atom is 0.357 e. The Kier molecular flexibility index (Phi) is 8.82. The smallest absolute Gasteiger partial charge is 0.357 e. The molecule has 0 saturated carbocycles. The van der Waals surface area contributed by atoms with E-state index < -0.39 is 11.9 Å². The lowest BCUT2D eigenvalue weighted by Gasteiger charge is -2.18. The molecule has 1 N–H and O–H groups in total. The Morgan fingerprint density at radius 2 is 1.31 bits per heavy atom. The van der Waals surface area contributed by atoms with Crippen molar-refractivity contribution in [1.82, 2.24) is 30.2 Å². The van der Waals surface area contributed by atoms with Crippen molar-refractivity contribution in [3.8, 4) is 43.4 Å². The van der Waals surface area contributed by atoms with E-state index in [1.165, 1.54) is 66.5 Å². The Bertz CT molecular complexity index is 1770. The van der Waals surface area contributed by atoms with Crippen molar-refractivity contribution in [3.05, 3.63) is 50.0 Å². The number of rotatable bonds is 9. The fourth-order valence-electron chi connectivity index (χ4n) is 3.89. The molecule has 0 radical (unpaired) electrons. The molecule has 0 aliphatic rings. The molecule has 0 spiro atoms. The van der Waals surface area contributed by atoms with E-state index in [4.69, 9.17) is 24.4 Å². The molecule has 0 fully saturated rings. The monoisotopic (exact) mass is 640 g/mol. The van der Waals surface area contributed by atoms with Gasteiger partial charge in [0.15, 0.2) is 11.4 Å². The summed E-state index contributed by atoms with van der Waals surface area (Å²) < 4.78 is 9.61. The van der Waals surface area contributed by atoms with Gasteiger partial charge in [-0.25, -0.2) is 34.5 Å². The molecular weight excluding hydrogens is 617 g/mol. The molecule has 5 rings (SSSR count). The van der Waals surface area contributed by atoms with Gasteiger partial charge in [0.05, 0.1) is 26.0 Å². The number of pyridine rings is 1. The minimum Gasteiger partial charge on any atom is -0.464 e. The second-order valence-electron chi connectivity index (χ2n) is 9.18. The van der Waals surface area contributed by atoms with Crippen LogP contribution in [-0.4, -0.2) is 57.0 Å². The van der Waals surface area contributed by atoms with E-state index in [1.54, 1.807) is 16.8 Å². The van der Waals surface area contributed by atoms with Crippen molar-refractivity contribution < 1.29 is 23.9 Å². The molecule has 5 aromatic rings. The predicted octanol–water partition coefficient (Wildman–Crippen LogP) is 5.98. The normalized spacial score (nSPS) is 11.9. The van der Waals surface area contributed by atoms with Gasteiger partial charge in [-0.3, -0.25) is 4.79 Å². The molecule has 0 aliphatic carbocycles. The quantitative estimate of drug-likeness (QED) is 0.191. The van der Waals surface area contributed by atoms with Crippen LogP contribution in [0.5, 0.6) is 0 Å². The third kappa shape index (κ3) is 6.13. The van der Waals surface area contributed by atoms with Gasteiger partial charge in [0.2, 0.25) is 5.91 Å². The first-order valence-electron chi connectivity index (χ1n) is 12.5. The van der Waals surface area contributed by atoms with Gasteiger partial charge in [-0.2, -0.15) is 0 Å². The zero-order chi connectivity index (χ0) is 30.0.